The highest BCUT2D eigenvalue weighted by Gasteiger charge is 2.38. The Hall–Kier alpha value is -1.15. The van der Waals surface area contributed by atoms with E-state index >= 15 is 0 Å². The van der Waals surface area contributed by atoms with Gasteiger partial charge in [-0.2, -0.15) is 4.31 Å². The lowest BCUT2D eigenvalue weighted by Crippen LogP contribution is -2.56. The van der Waals surface area contributed by atoms with Crippen molar-refractivity contribution in [3.63, 3.8) is 0 Å². The first-order valence-electron chi connectivity index (χ1n) is 6.05. The van der Waals surface area contributed by atoms with Gasteiger partial charge in [-0.25, -0.2) is 8.42 Å². The van der Waals surface area contributed by atoms with Gasteiger partial charge in [-0.1, -0.05) is 11.6 Å². The number of nitrogens with one attached hydrogen (secondary N) is 1. The van der Waals surface area contributed by atoms with Gasteiger partial charge in [0.1, 0.15) is 6.04 Å². The standard InChI is InChI=1S/C12H15ClN2O4S/c1-8-6-9(13)2-3-11(8)20(18,19)15-5-4-14-7-10(15)12(16)17/h2-3,6,10,14H,4-5,7H2,1H3,(H,16,17). The van der Waals surface area contributed by atoms with Crippen LogP contribution in [0.5, 0.6) is 0 Å². The fourth-order valence-corrected chi connectivity index (χ4v) is 4.23. The number of aliphatic carboxylic acids is 1. The SMILES string of the molecule is Cc1cc(Cl)ccc1S(=O)(=O)N1CCNCC1C(=O)O. The summed E-state index contributed by atoms with van der Waals surface area (Å²) in [6, 6.07) is 3.35. The third kappa shape index (κ3) is 2.80. The summed E-state index contributed by atoms with van der Waals surface area (Å²) >= 11 is 5.82. The summed E-state index contributed by atoms with van der Waals surface area (Å²) < 4.78 is 26.3. The van der Waals surface area contributed by atoms with Crippen molar-refractivity contribution in [1.82, 2.24) is 9.62 Å². The molecule has 1 aliphatic heterocycles. The Balaban J connectivity index is 2.45. The molecule has 0 radical (unpaired) electrons. The molecule has 2 rings (SSSR count). The van der Waals surface area contributed by atoms with Crippen molar-refractivity contribution < 1.29 is 18.3 Å². The number of hydrogen-bond acceptors (Lipinski definition) is 4. The van der Waals surface area contributed by atoms with Crippen molar-refractivity contribution in [3.8, 4) is 0 Å². The van der Waals surface area contributed by atoms with Crippen molar-refractivity contribution in [3.05, 3.63) is 28.8 Å². The van der Waals surface area contributed by atoms with Crippen molar-refractivity contribution >= 4 is 27.6 Å². The Kier molecular flexibility index (Phi) is 4.33. The van der Waals surface area contributed by atoms with Crippen LogP contribution in [0.4, 0.5) is 0 Å². The molecular formula is C12H15ClN2O4S. The molecule has 1 aliphatic rings. The molecule has 1 atom stereocenters. The van der Waals surface area contributed by atoms with Gasteiger partial charge in [-0.15, -0.1) is 0 Å². The van der Waals surface area contributed by atoms with Crippen LogP contribution in [-0.4, -0.2) is 49.5 Å². The van der Waals surface area contributed by atoms with Crippen LogP contribution in [0.15, 0.2) is 23.1 Å². The van der Waals surface area contributed by atoms with Gasteiger partial charge in [0.25, 0.3) is 0 Å². The molecule has 8 heteroatoms. The molecule has 1 heterocycles. The number of hydrogen-bond donors (Lipinski definition) is 2. The quantitative estimate of drug-likeness (QED) is 0.856. The van der Waals surface area contributed by atoms with Crippen molar-refractivity contribution in [2.75, 3.05) is 19.6 Å². The number of piperazine rings is 1. The van der Waals surface area contributed by atoms with E-state index < -0.39 is 22.0 Å². The second kappa shape index (κ2) is 5.69. The molecule has 0 amide bonds. The number of benzene rings is 1. The third-order valence-electron chi connectivity index (χ3n) is 3.20. The Bertz CT molecular complexity index is 632. The maximum absolute atomic E-state index is 12.6. The van der Waals surface area contributed by atoms with Crippen molar-refractivity contribution in [1.29, 1.82) is 0 Å². The summed E-state index contributed by atoms with van der Waals surface area (Å²) in [5.74, 6) is -1.16. The van der Waals surface area contributed by atoms with Crippen LogP contribution < -0.4 is 5.32 Å². The van der Waals surface area contributed by atoms with Gasteiger partial charge in [0.15, 0.2) is 0 Å². The predicted octanol–water partition coefficient (Wildman–Crippen LogP) is 0.696. The Morgan fingerprint density at radius 3 is 2.80 bits per heavy atom. The largest absolute Gasteiger partial charge is 0.480 e. The summed E-state index contributed by atoms with van der Waals surface area (Å²) in [7, 11) is -3.85. The molecule has 1 aromatic carbocycles. The lowest BCUT2D eigenvalue weighted by molar-refractivity contribution is -0.141. The Morgan fingerprint density at radius 1 is 1.50 bits per heavy atom. The van der Waals surface area contributed by atoms with Crippen LogP contribution >= 0.6 is 11.6 Å². The number of rotatable bonds is 3. The molecule has 2 N–H and O–H groups in total. The number of carboxylic acid groups (broad SMARTS) is 1. The number of aryl methyl sites for hydroxylation is 1. The first kappa shape index (κ1) is 15.2. The van der Waals surface area contributed by atoms with E-state index in [1.165, 1.54) is 12.1 Å². The maximum atomic E-state index is 12.6. The molecule has 0 aliphatic carbocycles. The van der Waals surface area contributed by atoms with Crippen LogP contribution in [-0.2, 0) is 14.8 Å². The zero-order chi connectivity index (χ0) is 14.9. The highest BCUT2D eigenvalue weighted by molar-refractivity contribution is 7.89. The zero-order valence-corrected chi connectivity index (χ0v) is 12.4. The molecule has 0 spiro atoms. The predicted molar refractivity (Wildman–Crippen MR) is 74.4 cm³/mol. The zero-order valence-electron chi connectivity index (χ0n) is 10.8. The van der Waals surface area contributed by atoms with Crippen LogP contribution in [0.1, 0.15) is 5.56 Å². The first-order chi connectivity index (χ1) is 9.34. The average molecular weight is 319 g/mol. The number of nitrogens with zero attached hydrogens (tertiary/aromatic N) is 1. The number of carbonyl (C=O) groups is 1. The minimum atomic E-state index is -3.85. The highest BCUT2D eigenvalue weighted by atomic mass is 35.5. The summed E-state index contributed by atoms with van der Waals surface area (Å²) in [5, 5.41) is 12.5. The second-order valence-corrected chi connectivity index (χ2v) is 6.88. The smallest absolute Gasteiger partial charge is 0.323 e. The van der Waals surface area contributed by atoms with Gasteiger partial charge in [0, 0.05) is 24.7 Å². The van der Waals surface area contributed by atoms with E-state index in [9.17, 15) is 13.2 Å². The molecule has 110 valence electrons. The van der Waals surface area contributed by atoms with Crippen LogP contribution in [0.2, 0.25) is 5.02 Å². The van der Waals surface area contributed by atoms with Gasteiger partial charge in [-0.05, 0) is 30.7 Å². The van der Waals surface area contributed by atoms with Gasteiger partial charge in [0.2, 0.25) is 10.0 Å². The monoisotopic (exact) mass is 318 g/mol. The fourth-order valence-electron chi connectivity index (χ4n) is 2.21. The minimum Gasteiger partial charge on any atom is -0.480 e. The van der Waals surface area contributed by atoms with Gasteiger partial charge in [-0.3, -0.25) is 4.79 Å². The molecule has 1 aromatic rings. The van der Waals surface area contributed by atoms with E-state index in [0.717, 1.165) is 4.31 Å². The summed E-state index contributed by atoms with van der Waals surface area (Å²) in [6.07, 6.45) is 0. The highest BCUT2D eigenvalue weighted by Crippen LogP contribution is 2.25. The van der Waals surface area contributed by atoms with Gasteiger partial charge < -0.3 is 10.4 Å². The number of carboxylic acids is 1. The fraction of sp³-hybridized carbons (Fsp3) is 0.417. The van der Waals surface area contributed by atoms with Crippen LogP contribution in [0.25, 0.3) is 0 Å². The Morgan fingerprint density at radius 2 is 2.20 bits per heavy atom. The minimum absolute atomic E-state index is 0.0926. The van der Waals surface area contributed by atoms with Crippen LogP contribution in [0.3, 0.4) is 0 Å². The van der Waals surface area contributed by atoms with Crippen molar-refractivity contribution in [2.45, 2.75) is 17.9 Å². The van der Waals surface area contributed by atoms with E-state index in [1.54, 1.807) is 13.0 Å². The lowest BCUT2D eigenvalue weighted by atomic mass is 10.2. The third-order valence-corrected chi connectivity index (χ3v) is 5.51. The van der Waals surface area contributed by atoms with Gasteiger partial charge in [0.05, 0.1) is 4.90 Å². The molecule has 6 nitrogen and oxygen atoms in total. The molecule has 20 heavy (non-hydrogen) atoms. The maximum Gasteiger partial charge on any atom is 0.323 e. The van der Waals surface area contributed by atoms with E-state index in [1.807, 2.05) is 0 Å². The summed E-state index contributed by atoms with van der Waals surface area (Å²) in [4.78, 5) is 11.3. The second-order valence-electron chi connectivity index (χ2n) is 4.58. The molecule has 1 fully saturated rings. The van der Waals surface area contributed by atoms with E-state index in [4.69, 9.17) is 16.7 Å². The molecular weight excluding hydrogens is 304 g/mol. The first-order valence-corrected chi connectivity index (χ1v) is 7.87. The molecule has 0 aromatic heterocycles. The normalized spacial score (nSPS) is 20.8. The van der Waals surface area contributed by atoms with Gasteiger partial charge >= 0.3 is 5.97 Å². The summed E-state index contributed by atoms with van der Waals surface area (Å²) in [6.45, 7) is 2.29. The average Bonchev–Trinajstić information content (AvgIpc) is 2.38. The van der Waals surface area contributed by atoms with Crippen LogP contribution in [0, 0.1) is 6.92 Å². The molecule has 1 unspecified atom stereocenters. The lowest BCUT2D eigenvalue weighted by Gasteiger charge is -2.32. The number of sulfonamides is 1. The van der Waals surface area contributed by atoms with Crippen molar-refractivity contribution in [2.24, 2.45) is 0 Å². The molecule has 0 saturated carbocycles. The van der Waals surface area contributed by atoms with E-state index in [-0.39, 0.29) is 18.0 Å². The van der Waals surface area contributed by atoms with E-state index in [2.05, 4.69) is 5.32 Å². The summed E-state index contributed by atoms with van der Waals surface area (Å²) in [5.41, 5.74) is 0.500. The topological polar surface area (TPSA) is 86.7 Å². The van der Waals surface area contributed by atoms with E-state index in [0.29, 0.717) is 17.1 Å². The number of halogens is 1. The Labute approximate surface area is 122 Å². The molecule has 0 bridgehead atoms. The molecule has 1 saturated heterocycles.